The molecule has 0 spiro atoms. The van der Waals surface area contributed by atoms with E-state index in [0.29, 0.717) is 13.2 Å². The van der Waals surface area contributed by atoms with Gasteiger partial charge in [-0.05, 0) is 15.9 Å². The van der Waals surface area contributed by atoms with Gasteiger partial charge in [0.1, 0.15) is 6.33 Å². The fourth-order valence-electron chi connectivity index (χ4n) is 1.59. The molecule has 2 aromatic heterocycles. The first-order chi connectivity index (χ1) is 6.36. The lowest BCUT2D eigenvalue weighted by molar-refractivity contribution is 0.134. The van der Waals surface area contributed by atoms with Crippen LogP contribution in [0.2, 0.25) is 0 Å². The van der Waals surface area contributed by atoms with Gasteiger partial charge in [-0.15, -0.1) is 0 Å². The molecule has 0 aromatic carbocycles. The molecule has 3 heterocycles. The molecule has 0 saturated heterocycles. The molecule has 0 unspecified atom stereocenters. The molecule has 0 aliphatic carbocycles. The highest BCUT2D eigenvalue weighted by atomic mass is 79.9. The zero-order chi connectivity index (χ0) is 8.84. The summed E-state index contributed by atoms with van der Waals surface area (Å²) in [7, 11) is 0. The Morgan fingerprint density at radius 1 is 1.38 bits per heavy atom. The van der Waals surface area contributed by atoms with Crippen LogP contribution in [0.15, 0.2) is 17.0 Å². The number of rotatable bonds is 0. The molecule has 1 aliphatic rings. The van der Waals surface area contributed by atoms with E-state index in [1.165, 1.54) is 5.56 Å². The van der Waals surface area contributed by atoms with Crippen LogP contribution in [-0.2, 0) is 18.0 Å². The monoisotopic (exact) mass is 239 g/mol. The van der Waals surface area contributed by atoms with Gasteiger partial charge in [0.15, 0.2) is 5.65 Å². The summed E-state index contributed by atoms with van der Waals surface area (Å²) in [6.45, 7) is 1.30. The summed E-state index contributed by atoms with van der Waals surface area (Å²) in [5.74, 6) is 0. The summed E-state index contributed by atoms with van der Waals surface area (Å²) in [5, 5.41) is 4.08. The molecular weight excluding hydrogens is 234 g/mol. The van der Waals surface area contributed by atoms with Crippen LogP contribution in [0.25, 0.3) is 5.65 Å². The van der Waals surface area contributed by atoms with Crippen molar-refractivity contribution in [1.82, 2.24) is 14.6 Å². The molecule has 13 heavy (non-hydrogen) atoms. The molecule has 0 atom stereocenters. The van der Waals surface area contributed by atoms with E-state index in [1.807, 2.05) is 6.20 Å². The van der Waals surface area contributed by atoms with Crippen molar-refractivity contribution in [3.05, 3.63) is 28.1 Å². The predicted molar refractivity (Wildman–Crippen MR) is 49.2 cm³/mol. The number of hydrogen-bond donors (Lipinski definition) is 0. The second-order valence-corrected chi connectivity index (χ2v) is 3.81. The Morgan fingerprint density at radius 3 is 3.15 bits per heavy atom. The van der Waals surface area contributed by atoms with Crippen LogP contribution < -0.4 is 0 Å². The van der Waals surface area contributed by atoms with Gasteiger partial charge in [0, 0.05) is 21.8 Å². The van der Waals surface area contributed by atoms with Gasteiger partial charge in [0.2, 0.25) is 0 Å². The third-order valence-corrected chi connectivity index (χ3v) is 2.91. The zero-order valence-corrected chi connectivity index (χ0v) is 8.28. The lowest BCUT2D eigenvalue weighted by Crippen LogP contribution is -1.94. The molecule has 0 amide bonds. The second kappa shape index (κ2) is 2.52. The highest BCUT2D eigenvalue weighted by molar-refractivity contribution is 9.10. The van der Waals surface area contributed by atoms with Crippen LogP contribution >= 0.6 is 15.9 Å². The summed E-state index contributed by atoms with van der Waals surface area (Å²) < 4.78 is 8.16. The van der Waals surface area contributed by atoms with Gasteiger partial charge in [0.25, 0.3) is 0 Å². The molecular formula is C8H6BrN3O. The molecule has 4 nitrogen and oxygen atoms in total. The van der Waals surface area contributed by atoms with E-state index in [2.05, 4.69) is 26.0 Å². The molecule has 0 saturated carbocycles. The van der Waals surface area contributed by atoms with Crippen molar-refractivity contribution >= 4 is 21.6 Å². The normalized spacial score (nSPS) is 15.2. The Bertz CT molecular complexity index is 479. The quantitative estimate of drug-likeness (QED) is 0.700. The maximum Gasteiger partial charge on any atom is 0.161 e. The summed E-state index contributed by atoms with van der Waals surface area (Å²) >= 11 is 3.48. The lowest BCUT2D eigenvalue weighted by Gasteiger charge is -2.01. The van der Waals surface area contributed by atoms with Crippen molar-refractivity contribution in [2.24, 2.45) is 0 Å². The van der Waals surface area contributed by atoms with Crippen molar-refractivity contribution in [2.45, 2.75) is 13.2 Å². The summed E-state index contributed by atoms with van der Waals surface area (Å²) in [6.07, 6.45) is 3.47. The van der Waals surface area contributed by atoms with Crippen molar-refractivity contribution in [2.75, 3.05) is 0 Å². The molecule has 0 bridgehead atoms. The van der Waals surface area contributed by atoms with Gasteiger partial charge >= 0.3 is 0 Å². The Morgan fingerprint density at radius 2 is 2.23 bits per heavy atom. The smallest absolute Gasteiger partial charge is 0.161 e. The topological polar surface area (TPSA) is 39.4 Å². The first kappa shape index (κ1) is 7.46. The van der Waals surface area contributed by atoms with Crippen LogP contribution in [0.4, 0.5) is 0 Å². The van der Waals surface area contributed by atoms with Gasteiger partial charge < -0.3 is 4.74 Å². The molecule has 5 heteroatoms. The van der Waals surface area contributed by atoms with Crippen molar-refractivity contribution < 1.29 is 4.74 Å². The van der Waals surface area contributed by atoms with E-state index in [9.17, 15) is 0 Å². The SMILES string of the molecule is Brc1cn2ncnc2c2c1COC2. The summed E-state index contributed by atoms with van der Waals surface area (Å²) in [6, 6.07) is 0. The van der Waals surface area contributed by atoms with E-state index in [4.69, 9.17) is 4.74 Å². The highest BCUT2D eigenvalue weighted by Crippen LogP contribution is 2.29. The van der Waals surface area contributed by atoms with E-state index in [1.54, 1.807) is 10.8 Å². The minimum atomic E-state index is 0.636. The van der Waals surface area contributed by atoms with Crippen LogP contribution in [0.1, 0.15) is 11.1 Å². The third-order valence-electron chi connectivity index (χ3n) is 2.22. The van der Waals surface area contributed by atoms with Crippen LogP contribution in [-0.4, -0.2) is 14.6 Å². The largest absolute Gasteiger partial charge is 0.372 e. The Kier molecular flexibility index (Phi) is 1.45. The number of hydrogen-bond acceptors (Lipinski definition) is 3. The van der Waals surface area contributed by atoms with E-state index < -0.39 is 0 Å². The minimum absolute atomic E-state index is 0.636. The Labute approximate surface area is 82.7 Å². The van der Waals surface area contributed by atoms with Gasteiger partial charge in [-0.1, -0.05) is 0 Å². The fraction of sp³-hybridized carbons (Fsp3) is 0.250. The molecule has 66 valence electrons. The molecule has 2 aromatic rings. The third kappa shape index (κ3) is 0.941. The molecule has 0 N–H and O–H groups in total. The number of pyridine rings is 1. The van der Waals surface area contributed by atoms with E-state index in [0.717, 1.165) is 15.7 Å². The average molecular weight is 240 g/mol. The van der Waals surface area contributed by atoms with Crippen LogP contribution in [0.3, 0.4) is 0 Å². The number of ether oxygens (including phenoxy) is 1. The maximum atomic E-state index is 5.36. The number of fused-ring (bicyclic) bond motifs is 3. The molecule has 0 fully saturated rings. The Balaban J connectivity index is 2.48. The molecule has 0 radical (unpaired) electrons. The van der Waals surface area contributed by atoms with Gasteiger partial charge in [-0.25, -0.2) is 9.50 Å². The average Bonchev–Trinajstić information content (AvgIpc) is 2.66. The second-order valence-electron chi connectivity index (χ2n) is 2.96. The van der Waals surface area contributed by atoms with Crippen molar-refractivity contribution in [3.63, 3.8) is 0 Å². The molecule has 1 aliphatic heterocycles. The first-order valence-corrected chi connectivity index (χ1v) is 4.73. The van der Waals surface area contributed by atoms with E-state index in [-0.39, 0.29) is 0 Å². The number of halogens is 1. The standard InChI is InChI=1S/C8H6BrN3O/c9-7-1-12-8(10-4-11-12)6-3-13-2-5(6)7/h1,4H,2-3H2. The van der Waals surface area contributed by atoms with Crippen molar-refractivity contribution in [1.29, 1.82) is 0 Å². The van der Waals surface area contributed by atoms with Crippen LogP contribution in [0.5, 0.6) is 0 Å². The highest BCUT2D eigenvalue weighted by Gasteiger charge is 2.19. The van der Waals surface area contributed by atoms with Crippen LogP contribution in [0, 0.1) is 0 Å². The maximum absolute atomic E-state index is 5.36. The summed E-state index contributed by atoms with van der Waals surface area (Å²) in [4.78, 5) is 4.18. The van der Waals surface area contributed by atoms with Gasteiger partial charge in [0.05, 0.1) is 13.2 Å². The van der Waals surface area contributed by atoms with Gasteiger partial charge in [-0.2, -0.15) is 5.10 Å². The molecule has 3 rings (SSSR count). The first-order valence-electron chi connectivity index (χ1n) is 3.93. The fourth-order valence-corrected chi connectivity index (χ4v) is 2.14. The number of nitrogens with zero attached hydrogens (tertiary/aromatic N) is 3. The minimum Gasteiger partial charge on any atom is -0.372 e. The van der Waals surface area contributed by atoms with Gasteiger partial charge in [-0.3, -0.25) is 0 Å². The van der Waals surface area contributed by atoms with E-state index >= 15 is 0 Å². The predicted octanol–water partition coefficient (Wildman–Crippen LogP) is 1.52. The summed E-state index contributed by atoms with van der Waals surface area (Å²) in [5.41, 5.74) is 3.24. The number of aromatic nitrogens is 3. The zero-order valence-electron chi connectivity index (χ0n) is 6.70. The van der Waals surface area contributed by atoms with Crippen molar-refractivity contribution in [3.8, 4) is 0 Å². The Hall–Kier alpha value is -0.940. The lowest BCUT2D eigenvalue weighted by atomic mass is 10.2.